The van der Waals surface area contributed by atoms with Crippen LogP contribution in [0.3, 0.4) is 0 Å². The van der Waals surface area contributed by atoms with Crippen LogP contribution in [-0.4, -0.2) is 5.91 Å². The molecule has 0 aromatic rings. The third-order valence-corrected chi connectivity index (χ3v) is 1.69. The molecule has 1 amide bonds. The summed E-state index contributed by atoms with van der Waals surface area (Å²) < 4.78 is 0. The predicted molar refractivity (Wildman–Crippen MR) is 31.1 cm³/mol. The number of hydrogen-bond donors (Lipinski definition) is 1. The van der Waals surface area contributed by atoms with Crippen LogP contribution in [0.25, 0.3) is 0 Å². The van der Waals surface area contributed by atoms with Crippen molar-refractivity contribution >= 4 is 5.91 Å². The summed E-state index contributed by atoms with van der Waals surface area (Å²) in [4.78, 5) is 10.4. The normalized spacial score (nSPS) is 19.2. The van der Waals surface area contributed by atoms with Crippen LogP contribution in [0.15, 0.2) is 11.1 Å². The zero-order chi connectivity index (χ0) is 6.31. The van der Waals surface area contributed by atoms with Crippen LogP contribution in [0.4, 0.5) is 0 Å². The summed E-state index contributed by atoms with van der Waals surface area (Å²) in [5, 5.41) is 0. The van der Waals surface area contributed by atoms with Gasteiger partial charge in [0.05, 0.1) is 5.92 Å². The van der Waals surface area contributed by atoms with Gasteiger partial charge < -0.3 is 5.73 Å². The largest absolute Gasteiger partial charge is 0.369 e. The first kappa shape index (κ1) is 5.35. The van der Waals surface area contributed by atoms with Crippen LogP contribution in [-0.2, 0) is 4.79 Å². The van der Waals surface area contributed by atoms with Crippen LogP contribution in [0.5, 0.6) is 0 Å². The average molecular weight is 111 g/mol. The summed E-state index contributed by atoms with van der Waals surface area (Å²) in [5.41, 5.74) is 7.30. The topological polar surface area (TPSA) is 43.1 Å². The highest BCUT2D eigenvalue weighted by molar-refractivity contribution is 5.88. The Morgan fingerprint density at radius 2 is 1.88 bits per heavy atom. The quantitative estimate of drug-likeness (QED) is 0.490. The van der Waals surface area contributed by atoms with Gasteiger partial charge in [0.1, 0.15) is 0 Å². The van der Waals surface area contributed by atoms with Gasteiger partial charge in [0.15, 0.2) is 0 Å². The smallest absolute Gasteiger partial charge is 0.228 e. The Morgan fingerprint density at radius 3 is 1.88 bits per heavy atom. The maximum absolute atomic E-state index is 10.4. The van der Waals surface area contributed by atoms with E-state index in [0.29, 0.717) is 0 Å². The summed E-state index contributed by atoms with van der Waals surface area (Å²) in [6, 6.07) is 0. The molecule has 0 saturated heterocycles. The summed E-state index contributed by atoms with van der Waals surface area (Å²) in [6.45, 7) is 3.87. The molecule has 0 aliphatic heterocycles. The molecular formula is C6H9NO. The van der Waals surface area contributed by atoms with Crippen LogP contribution < -0.4 is 5.73 Å². The molecule has 0 aromatic carbocycles. The fraction of sp³-hybridized carbons (Fsp3) is 0.500. The molecule has 0 radical (unpaired) electrons. The lowest BCUT2D eigenvalue weighted by Gasteiger charge is -1.86. The molecular weight excluding hydrogens is 102 g/mol. The van der Waals surface area contributed by atoms with E-state index in [9.17, 15) is 4.79 Å². The Balaban J connectivity index is 2.54. The molecule has 2 heteroatoms. The third-order valence-electron chi connectivity index (χ3n) is 1.69. The van der Waals surface area contributed by atoms with Crippen molar-refractivity contribution in [1.82, 2.24) is 0 Å². The molecule has 0 bridgehead atoms. The average Bonchev–Trinajstić information content (AvgIpc) is 2.15. The van der Waals surface area contributed by atoms with Crippen molar-refractivity contribution in [3.8, 4) is 0 Å². The van der Waals surface area contributed by atoms with Gasteiger partial charge in [-0.2, -0.15) is 0 Å². The van der Waals surface area contributed by atoms with E-state index in [1.165, 1.54) is 0 Å². The highest BCUT2D eigenvalue weighted by Gasteiger charge is 2.33. The number of carbonyl (C=O) groups excluding carboxylic acids is 1. The maximum atomic E-state index is 10.4. The van der Waals surface area contributed by atoms with Gasteiger partial charge in [0, 0.05) is 0 Å². The number of primary amides is 1. The molecule has 1 aliphatic rings. The van der Waals surface area contributed by atoms with Crippen molar-refractivity contribution in [2.24, 2.45) is 11.7 Å². The van der Waals surface area contributed by atoms with E-state index in [-0.39, 0.29) is 11.8 Å². The highest BCUT2D eigenvalue weighted by Crippen LogP contribution is 2.37. The first-order valence-electron chi connectivity index (χ1n) is 2.61. The zero-order valence-electron chi connectivity index (χ0n) is 5.06. The van der Waals surface area contributed by atoms with E-state index in [1.807, 2.05) is 13.8 Å². The molecule has 44 valence electrons. The minimum atomic E-state index is -0.208. The predicted octanol–water partition coefficient (Wildman–Crippen LogP) is 0.438. The Labute approximate surface area is 48.4 Å². The minimum Gasteiger partial charge on any atom is -0.369 e. The highest BCUT2D eigenvalue weighted by atomic mass is 16.1. The fourth-order valence-corrected chi connectivity index (χ4v) is 0.901. The van der Waals surface area contributed by atoms with Gasteiger partial charge in [-0.1, -0.05) is 11.1 Å². The standard InChI is InChI=1S/C6H9NO/c1-3-4(2)5(3)6(7)8/h5H,1-2H3,(H2,7,8). The maximum Gasteiger partial charge on any atom is 0.228 e. The summed E-state index contributed by atoms with van der Waals surface area (Å²) in [5.74, 6) is -0.199. The molecule has 8 heavy (non-hydrogen) atoms. The van der Waals surface area contributed by atoms with Crippen LogP contribution in [0.1, 0.15) is 13.8 Å². The van der Waals surface area contributed by atoms with Crippen molar-refractivity contribution in [2.45, 2.75) is 13.8 Å². The minimum absolute atomic E-state index is 0.00926. The van der Waals surface area contributed by atoms with Gasteiger partial charge in [-0.05, 0) is 13.8 Å². The van der Waals surface area contributed by atoms with Gasteiger partial charge in [0.2, 0.25) is 5.91 Å². The molecule has 0 saturated carbocycles. The molecule has 0 aromatic heterocycles. The summed E-state index contributed by atoms with van der Waals surface area (Å²) in [7, 11) is 0. The molecule has 0 unspecified atom stereocenters. The number of hydrogen-bond acceptors (Lipinski definition) is 1. The molecule has 0 atom stereocenters. The fourth-order valence-electron chi connectivity index (χ4n) is 0.901. The van der Waals surface area contributed by atoms with E-state index < -0.39 is 0 Å². The third kappa shape index (κ3) is 0.529. The molecule has 0 fully saturated rings. The Bertz CT molecular complexity index is 157. The van der Waals surface area contributed by atoms with Crippen LogP contribution >= 0.6 is 0 Å². The Morgan fingerprint density at radius 1 is 1.50 bits per heavy atom. The van der Waals surface area contributed by atoms with E-state index >= 15 is 0 Å². The molecule has 0 spiro atoms. The van der Waals surface area contributed by atoms with Crippen molar-refractivity contribution < 1.29 is 4.79 Å². The van der Waals surface area contributed by atoms with E-state index in [2.05, 4.69) is 0 Å². The van der Waals surface area contributed by atoms with Gasteiger partial charge in [-0.3, -0.25) is 4.79 Å². The second-order valence-corrected chi connectivity index (χ2v) is 2.20. The van der Waals surface area contributed by atoms with Crippen molar-refractivity contribution in [3.63, 3.8) is 0 Å². The lowest BCUT2D eigenvalue weighted by Crippen LogP contribution is -2.15. The lowest BCUT2D eigenvalue weighted by molar-refractivity contribution is -0.118. The van der Waals surface area contributed by atoms with Crippen molar-refractivity contribution in [2.75, 3.05) is 0 Å². The zero-order valence-corrected chi connectivity index (χ0v) is 5.06. The summed E-state index contributed by atoms with van der Waals surface area (Å²) in [6.07, 6.45) is 0. The lowest BCUT2D eigenvalue weighted by atomic mass is 10.2. The van der Waals surface area contributed by atoms with Crippen LogP contribution in [0, 0.1) is 5.92 Å². The number of nitrogens with two attached hydrogens (primary N) is 1. The Kier molecular flexibility index (Phi) is 0.897. The molecule has 0 heterocycles. The monoisotopic (exact) mass is 111 g/mol. The summed E-state index contributed by atoms with van der Waals surface area (Å²) >= 11 is 0. The van der Waals surface area contributed by atoms with Crippen molar-refractivity contribution in [3.05, 3.63) is 11.1 Å². The first-order chi connectivity index (χ1) is 3.64. The van der Waals surface area contributed by atoms with Gasteiger partial charge in [-0.25, -0.2) is 0 Å². The van der Waals surface area contributed by atoms with Gasteiger partial charge in [0.25, 0.3) is 0 Å². The molecule has 1 aliphatic carbocycles. The molecule has 2 N–H and O–H groups in total. The second-order valence-electron chi connectivity index (χ2n) is 2.20. The van der Waals surface area contributed by atoms with Crippen molar-refractivity contribution in [1.29, 1.82) is 0 Å². The van der Waals surface area contributed by atoms with Crippen LogP contribution in [0.2, 0.25) is 0 Å². The number of carbonyl (C=O) groups is 1. The van der Waals surface area contributed by atoms with Gasteiger partial charge >= 0.3 is 0 Å². The number of amides is 1. The SMILES string of the molecule is CC1=C(C)C1C(N)=O. The van der Waals surface area contributed by atoms with E-state index in [1.54, 1.807) is 0 Å². The van der Waals surface area contributed by atoms with Gasteiger partial charge in [-0.15, -0.1) is 0 Å². The van der Waals surface area contributed by atoms with E-state index in [0.717, 1.165) is 11.1 Å². The molecule has 2 nitrogen and oxygen atoms in total. The van der Waals surface area contributed by atoms with E-state index in [4.69, 9.17) is 5.73 Å². The second kappa shape index (κ2) is 1.34. The Hall–Kier alpha value is -0.790. The number of rotatable bonds is 1. The molecule has 1 rings (SSSR count). The first-order valence-corrected chi connectivity index (χ1v) is 2.61.